The van der Waals surface area contributed by atoms with Gasteiger partial charge in [0.15, 0.2) is 0 Å². The number of carbonyl (C=O) groups is 2. The number of rotatable bonds is 4. The van der Waals surface area contributed by atoms with Crippen molar-refractivity contribution in [2.75, 3.05) is 12.4 Å². The molecular formula is C12H14N2O3S2. The molecule has 2 rings (SSSR count). The minimum absolute atomic E-state index is 0.214. The highest BCUT2D eigenvalue weighted by atomic mass is 32.1. The molecule has 0 atom stereocenters. The molecule has 0 radical (unpaired) electrons. The molecule has 1 amide bonds. The van der Waals surface area contributed by atoms with Gasteiger partial charge in [-0.15, -0.1) is 11.3 Å². The lowest BCUT2D eigenvalue weighted by Crippen LogP contribution is -2.50. The van der Waals surface area contributed by atoms with E-state index in [0.717, 1.165) is 6.42 Å². The van der Waals surface area contributed by atoms with Crippen LogP contribution in [0.1, 0.15) is 28.9 Å². The molecule has 1 saturated carbocycles. The summed E-state index contributed by atoms with van der Waals surface area (Å²) in [6.45, 7) is 0. The molecular weight excluding hydrogens is 284 g/mol. The smallest absolute Gasteiger partial charge is 0.350 e. The molecule has 0 spiro atoms. The molecule has 0 aliphatic heterocycles. The maximum absolute atomic E-state index is 12.3. The molecule has 19 heavy (non-hydrogen) atoms. The van der Waals surface area contributed by atoms with Crippen molar-refractivity contribution < 1.29 is 14.3 Å². The molecule has 3 N–H and O–H groups in total. The van der Waals surface area contributed by atoms with Crippen LogP contribution in [0.15, 0.2) is 11.4 Å². The van der Waals surface area contributed by atoms with Crippen molar-refractivity contribution in [3.8, 4) is 0 Å². The predicted octanol–water partition coefficient (Wildman–Crippen LogP) is 1.93. The predicted molar refractivity (Wildman–Crippen MR) is 77.4 cm³/mol. The Bertz CT molecular complexity index is 535. The van der Waals surface area contributed by atoms with Crippen LogP contribution in [-0.4, -0.2) is 24.0 Å². The zero-order chi connectivity index (χ0) is 14.0. The molecule has 1 aromatic heterocycles. The number of carbonyl (C=O) groups excluding carboxylic acids is 2. The summed E-state index contributed by atoms with van der Waals surface area (Å²) in [5, 5.41) is 4.45. The zero-order valence-electron chi connectivity index (χ0n) is 10.4. The number of hydrogen-bond donors (Lipinski definition) is 2. The number of anilines is 1. The Labute approximate surface area is 120 Å². The van der Waals surface area contributed by atoms with E-state index >= 15 is 0 Å². The van der Waals surface area contributed by atoms with Crippen molar-refractivity contribution >= 4 is 46.1 Å². The van der Waals surface area contributed by atoms with Crippen molar-refractivity contribution in [1.29, 1.82) is 0 Å². The van der Waals surface area contributed by atoms with Gasteiger partial charge in [0.1, 0.15) is 4.88 Å². The van der Waals surface area contributed by atoms with Crippen molar-refractivity contribution in [2.45, 2.75) is 19.3 Å². The molecule has 102 valence electrons. The fourth-order valence-corrected chi connectivity index (χ4v) is 3.08. The van der Waals surface area contributed by atoms with Gasteiger partial charge in [-0.05, 0) is 24.3 Å². The minimum atomic E-state index is -0.759. The summed E-state index contributed by atoms with van der Waals surface area (Å²) < 4.78 is 4.66. The Morgan fingerprint density at radius 1 is 1.53 bits per heavy atom. The Hall–Kier alpha value is -1.47. The molecule has 1 heterocycles. The van der Waals surface area contributed by atoms with Gasteiger partial charge < -0.3 is 15.8 Å². The fraction of sp³-hybridized carbons (Fsp3) is 0.417. The molecule has 1 aromatic rings. The van der Waals surface area contributed by atoms with Crippen molar-refractivity contribution in [3.63, 3.8) is 0 Å². The van der Waals surface area contributed by atoms with Gasteiger partial charge in [0.2, 0.25) is 5.91 Å². The molecule has 5 nitrogen and oxygen atoms in total. The van der Waals surface area contributed by atoms with E-state index in [2.05, 4.69) is 10.1 Å². The average molecular weight is 298 g/mol. The van der Waals surface area contributed by atoms with Crippen LogP contribution in [0.3, 0.4) is 0 Å². The van der Waals surface area contributed by atoms with E-state index in [-0.39, 0.29) is 10.9 Å². The fourth-order valence-electron chi connectivity index (χ4n) is 2.02. The molecule has 0 saturated heterocycles. The Morgan fingerprint density at radius 2 is 2.21 bits per heavy atom. The van der Waals surface area contributed by atoms with E-state index in [1.54, 1.807) is 11.4 Å². The van der Waals surface area contributed by atoms with Crippen LogP contribution in [0.4, 0.5) is 5.69 Å². The Balaban J connectivity index is 2.18. The molecule has 0 unspecified atom stereocenters. The summed E-state index contributed by atoms with van der Waals surface area (Å²) >= 11 is 6.20. The number of thiophene rings is 1. The van der Waals surface area contributed by atoms with E-state index in [1.165, 1.54) is 18.4 Å². The summed E-state index contributed by atoms with van der Waals surface area (Å²) in [4.78, 5) is 24.4. The summed E-state index contributed by atoms with van der Waals surface area (Å²) in [5.74, 6) is -0.710. The number of esters is 1. The van der Waals surface area contributed by atoms with Crippen LogP contribution >= 0.6 is 23.6 Å². The van der Waals surface area contributed by atoms with Crippen LogP contribution in [0.25, 0.3) is 0 Å². The second-order valence-corrected chi connectivity index (χ2v) is 5.76. The molecule has 1 fully saturated rings. The van der Waals surface area contributed by atoms with Crippen LogP contribution in [0.5, 0.6) is 0 Å². The van der Waals surface area contributed by atoms with Gasteiger partial charge in [0.25, 0.3) is 0 Å². The maximum atomic E-state index is 12.3. The lowest BCUT2D eigenvalue weighted by Gasteiger charge is -2.39. The highest BCUT2D eigenvalue weighted by Gasteiger charge is 2.47. The second-order valence-electron chi connectivity index (χ2n) is 4.41. The first-order valence-corrected chi connectivity index (χ1v) is 7.07. The number of thiocarbonyl (C=S) groups is 1. The first-order valence-electron chi connectivity index (χ1n) is 5.78. The van der Waals surface area contributed by atoms with Gasteiger partial charge >= 0.3 is 5.97 Å². The lowest BCUT2D eigenvalue weighted by molar-refractivity contribution is -0.125. The van der Waals surface area contributed by atoms with Gasteiger partial charge in [0.05, 0.1) is 23.2 Å². The monoisotopic (exact) mass is 298 g/mol. The third kappa shape index (κ3) is 2.35. The van der Waals surface area contributed by atoms with Gasteiger partial charge in [-0.1, -0.05) is 18.6 Å². The number of methoxy groups -OCH3 is 1. The summed E-state index contributed by atoms with van der Waals surface area (Å²) in [6.07, 6.45) is 2.25. The molecule has 7 heteroatoms. The summed E-state index contributed by atoms with van der Waals surface area (Å²) in [6, 6.07) is 1.67. The van der Waals surface area contributed by atoms with Gasteiger partial charge in [0, 0.05) is 0 Å². The number of ether oxygens (including phenoxy) is 1. The van der Waals surface area contributed by atoms with Crippen LogP contribution in [-0.2, 0) is 9.53 Å². The topological polar surface area (TPSA) is 81.4 Å². The van der Waals surface area contributed by atoms with Crippen LogP contribution in [0.2, 0.25) is 0 Å². The first-order chi connectivity index (χ1) is 9.01. The number of nitrogens with one attached hydrogen (secondary N) is 1. The van der Waals surface area contributed by atoms with Crippen molar-refractivity contribution in [1.82, 2.24) is 0 Å². The largest absolute Gasteiger partial charge is 0.465 e. The average Bonchev–Trinajstić information content (AvgIpc) is 2.74. The second kappa shape index (κ2) is 5.26. The van der Waals surface area contributed by atoms with Gasteiger partial charge in [-0.2, -0.15) is 0 Å². The highest BCUT2D eigenvalue weighted by molar-refractivity contribution is 7.80. The quantitative estimate of drug-likeness (QED) is 0.655. The number of hydrogen-bond acceptors (Lipinski definition) is 5. The first kappa shape index (κ1) is 14.0. The van der Waals surface area contributed by atoms with E-state index in [1.807, 2.05) is 0 Å². The van der Waals surface area contributed by atoms with Gasteiger partial charge in [-0.3, -0.25) is 4.79 Å². The zero-order valence-corrected chi connectivity index (χ0v) is 12.0. The number of amides is 1. The highest BCUT2D eigenvalue weighted by Crippen LogP contribution is 2.42. The normalized spacial score (nSPS) is 16.3. The molecule has 1 aliphatic rings. The standard InChI is InChI=1S/C12H14N2O3S2/c1-17-9(15)8-7(3-6-19-8)14-11(16)12(10(13)18)4-2-5-12/h3,6H,2,4-5H2,1H3,(H2,13,18)(H,14,16). The minimum Gasteiger partial charge on any atom is -0.465 e. The molecule has 1 aliphatic carbocycles. The molecule has 0 bridgehead atoms. The number of nitrogens with two attached hydrogens (primary N) is 1. The third-order valence-electron chi connectivity index (χ3n) is 3.40. The van der Waals surface area contributed by atoms with Crippen molar-refractivity contribution in [2.24, 2.45) is 11.1 Å². The van der Waals surface area contributed by atoms with Crippen LogP contribution in [0, 0.1) is 5.41 Å². The van der Waals surface area contributed by atoms with E-state index in [0.29, 0.717) is 23.4 Å². The van der Waals surface area contributed by atoms with Crippen molar-refractivity contribution in [3.05, 3.63) is 16.3 Å². The van der Waals surface area contributed by atoms with E-state index in [9.17, 15) is 9.59 Å². The summed E-state index contributed by atoms with van der Waals surface area (Å²) in [7, 11) is 1.30. The SMILES string of the molecule is COC(=O)c1sccc1NC(=O)C1(C(N)=S)CCC1. The van der Waals surface area contributed by atoms with E-state index in [4.69, 9.17) is 18.0 Å². The summed E-state index contributed by atoms with van der Waals surface area (Å²) in [5.41, 5.74) is 5.36. The Morgan fingerprint density at radius 3 is 2.68 bits per heavy atom. The van der Waals surface area contributed by atoms with Gasteiger partial charge in [-0.25, -0.2) is 4.79 Å². The van der Waals surface area contributed by atoms with Crippen LogP contribution < -0.4 is 11.1 Å². The van der Waals surface area contributed by atoms with E-state index < -0.39 is 11.4 Å². The Kier molecular flexibility index (Phi) is 3.86. The maximum Gasteiger partial charge on any atom is 0.350 e. The lowest BCUT2D eigenvalue weighted by atomic mass is 9.68. The molecule has 0 aromatic carbocycles. The third-order valence-corrected chi connectivity index (χ3v) is 4.68.